The highest BCUT2D eigenvalue weighted by Gasteiger charge is 2.49. The number of esters is 1. The number of rotatable bonds is 7. The van der Waals surface area contributed by atoms with Gasteiger partial charge in [0, 0.05) is 37.3 Å². The van der Waals surface area contributed by atoms with Crippen molar-refractivity contribution >= 4 is 17.7 Å². The Labute approximate surface area is 206 Å². The summed E-state index contributed by atoms with van der Waals surface area (Å²) in [7, 11) is 0. The summed E-state index contributed by atoms with van der Waals surface area (Å²) in [5, 5.41) is 0. The molecule has 4 fully saturated rings. The van der Waals surface area contributed by atoms with Crippen LogP contribution in [0.2, 0.25) is 0 Å². The molecule has 1 unspecified atom stereocenters. The van der Waals surface area contributed by atoms with Gasteiger partial charge in [-0.3, -0.25) is 9.59 Å². The van der Waals surface area contributed by atoms with E-state index in [-0.39, 0.29) is 36.2 Å². The minimum atomic E-state index is -0.698. The number of amides is 1. The van der Waals surface area contributed by atoms with Crippen LogP contribution in [0, 0.1) is 5.92 Å². The maximum atomic E-state index is 13.5. The van der Waals surface area contributed by atoms with E-state index >= 15 is 0 Å². The van der Waals surface area contributed by atoms with Crippen LogP contribution < -0.4 is 12.4 Å². The van der Waals surface area contributed by atoms with Gasteiger partial charge in [-0.2, -0.15) is 0 Å². The normalized spacial score (nSPS) is 26.6. The van der Waals surface area contributed by atoms with Gasteiger partial charge in [-0.25, -0.2) is 4.79 Å². The Morgan fingerprint density at radius 3 is 2.26 bits per heavy atom. The standard InChI is InChI=1S/C27H31N2O4.ClH/c30-23(20-8-3-1-4-9-20)18-29-16-13-21(14-17-29)24(19-29)33-27(32)26(22-10-5-2-6-11-22)28-15-7-12-25(28)31;/h1-6,8-11,21,24,26H,7,12-19H2;1H/q+1;/p-1/t21?,24-,26?,29?;/m0./s1. The lowest BCUT2D eigenvalue weighted by atomic mass is 9.82. The predicted octanol–water partition coefficient (Wildman–Crippen LogP) is 0.389. The Kier molecular flexibility index (Phi) is 7.39. The average Bonchev–Trinajstić information content (AvgIpc) is 3.26. The van der Waals surface area contributed by atoms with Gasteiger partial charge in [-0.1, -0.05) is 60.7 Å². The second-order valence-corrected chi connectivity index (χ2v) is 9.74. The van der Waals surface area contributed by atoms with Crippen LogP contribution in [0.3, 0.4) is 0 Å². The summed E-state index contributed by atoms with van der Waals surface area (Å²) in [6.07, 6.45) is 2.94. The third-order valence-electron chi connectivity index (χ3n) is 7.64. The van der Waals surface area contributed by atoms with Crippen LogP contribution >= 0.6 is 0 Å². The first-order valence-corrected chi connectivity index (χ1v) is 12.0. The minimum Gasteiger partial charge on any atom is -1.00 e. The fourth-order valence-electron chi connectivity index (χ4n) is 5.83. The summed E-state index contributed by atoms with van der Waals surface area (Å²) in [5.74, 6) is 0.131. The fourth-order valence-corrected chi connectivity index (χ4v) is 5.83. The van der Waals surface area contributed by atoms with Gasteiger partial charge in [0.2, 0.25) is 11.7 Å². The highest BCUT2D eigenvalue weighted by molar-refractivity contribution is 5.97. The van der Waals surface area contributed by atoms with E-state index in [1.807, 2.05) is 60.7 Å². The molecule has 6 nitrogen and oxygen atoms in total. The number of Topliss-reactive ketones (excluding diaryl/α,β-unsaturated/α-hetero) is 1. The molecular weight excluding hydrogens is 452 g/mol. The van der Waals surface area contributed by atoms with Gasteiger partial charge in [-0.15, -0.1) is 0 Å². The van der Waals surface area contributed by atoms with E-state index in [0.717, 1.165) is 43.5 Å². The third kappa shape index (κ3) is 4.89. The topological polar surface area (TPSA) is 63.7 Å². The van der Waals surface area contributed by atoms with Gasteiger partial charge in [0.15, 0.2) is 12.1 Å². The van der Waals surface area contributed by atoms with Crippen molar-refractivity contribution in [1.29, 1.82) is 0 Å². The average molecular weight is 483 g/mol. The van der Waals surface area contributed by atoms with Crippen molar-refractivity contribution in [3.63, 3.8) is 0 Å². The van der Waals surface area contributed by atoms with Crippen molar-refractivity contribution in [2.24, 2.45) is 5.92 Å². The number of carbonyl (C=O) groups is 3. The number of hydrogen-bond acceptors (Lipinski definition) is 4. The van der Waals surface area contributed by atoms with E-state index in [4.69, 9.17) is 4.74 Å². The Morgan fingerprint density at radius 1 is 1.00 bits per heavy atom. The first kappa shape index (κ1) is 24.4. The molecule has 0 saturated carbocycles. The number of nitrogens with zero attached hydrogens (tertiary/aromatic N) is 2. The van der Waals surface area contributed by atoms with Crippen molar-refractivity contribution in [3.8, 4) is 0 Å². The maximum absolute atomic E-state index is 13.5. The number of hydrogen-bond donors (Lipinski definition) is 0. The molecule has 0 aliphatic carbocycles. The van der Waals surface area contributed by atoms with Crippen LogP contribution in [-0.2, 0) is 14.3 Å². The maximum Gasteiger partial charge on any atom is 0.334 e. The number of carbonyl (C=O) groups excluding carboxylic acids is 3. The number of piperidine rings is 3. The van der Waals surface area contributed by atoms with Crippen molar-refractivity contribution in [2.75, 3.05) is 32.7 Å². The number of quaternary nitrogens is 1. The smallest absolute Gasteiger partial charge is 0.334 e. The molecule has 2 atom stereocenters. The van der Waals surface area contributed by atoms with E-state index in [2.05, 4.69) is 0 Å². The molecule has 7 heteroatoms. The highest BCUT2D eigenvalue weighted by Crippen LogP contribution is 2.37. The number of halogens is 1. The molecule has 0 spiro atoms. The largest absolute Gasteiger partial charge is 1.00 e. The van der Waals surface area contributed by atoms with Crippen molar-refractivity contribution in [2.45, 2.75) is 37.8 Å². The number of likely N-dealkylation sites (tertiary alicyclic amines) is 1. The molecule has 4 aliphatic rings. The van der Waals surface area contributed by atoms with E-state index in [9.17, 15) is 14.4 Å². The van der Waals surface area contributed by atoms with Gasteiger partial charge < -0.3 is 26.5 Å². The molecule has 4 saturated heterocycles. The number of benzene rings is 2. The van der Waals surface area contributed by atoms with Crippen LogP contribution in [-0.4, -0.2) is 65.9 Å². The Hall–Kier alpha value is -2.70. The molecular formula is C27H31ClN2O4. The Morgan fingerprint density at radius 2 is 1.65 bits per heavy atom. The van der Waals surface area contributed by atoms with Gasteiger partial charge >= 0.3 is 5.97 Å². The third-order valence-corrected chi connectivity index (χ3v) is 7.64. The lowest BCUT2D eigenvalue weighted by molar-refractivity contribution is -0.938. The van der Waals surface area contributed by atoms with E-state index in [0.29, 0.717) is 36.5 Å². The number of ether oxygens (including phenoxy) is 1. The summed E-state index contributed by atoms with van der Waals surface area (Å²) in [6.45, 7) is 3.59. The van der Waals surface area contributed by atoms with E-state index in [1.165, 1.54) is 0 Å². The summed E-state index contributed by atoms with van der Waals surface area (Å²) < 4.78 is 6.84. The van der Waals surface area contributed by atoms with E-state index < -0.39 is 6.04 Å². The fraction of sp³-hybridized carbons (Fsp3) is 0.444. The van der Waals surface area contributed by atoms with Crippen LogP contribution in [0.15, 0.2) is 60.7 Å². The molecule has 4 heterocycles. The zero-order valence-electron chi connectivity index (χ0n) is 19.3. The zero-order chi connectivity index (χ0) is 22.8. The quantitative estimate of drug-likeness (QED) is 0.325. The molecule has 2 aromatic rings. The molecule has 6 rings (SSSR count). The van der Waals surface area contributed by atoms with Gasteiger partial charge in [0.05, 0.1) is 13.1 Å². The highest BCUT2D eigenvalue weighted by atomic mass is 35.5. The van der Waals surface area contributed by atoms with Gasteiger partial charge in [-0.05, 0) is 12.0 Å². The molecule has 0 N–H and O–H groups in total. The van der Waals surface area contributed by atoms with Crippen LogP contribution in [0.5, 0.6) is 0 Å². The van der Waals surface area contributed by atoms with E-state index in [1.54, 1.807) is 4.90 Å². The van der Waals surface area contributed by atoms with Crippen LogP contribution in [0.1, 0.15) is 47.6 Å². The first-order chi connectivity index (χ1) is 16.0. The second-order valence-electron chi connectivity index (χ2n) is 9.74. The molecule has 2 aromatic carbocycles. The monoisotopic (exact) mass is 482 g/mol. The summed E-state index contributed by atoms with van der Waals surface area (Å²) in [4.78, 5) is 40.6. The Bertz CT molecular complexity index is 1020. The molecule has 0 aromatic heterocycles. The van der Waals surface area contributed by atoms with Gasteiger partial charge in [0.1, 0.15) is 13.1 Å². The molecule has 34 heavy (non-hydrogen) atoms. The van der Waals surface area contributed by atoms with Crippen molar-refractivity contribution < 1.29 is 36.0 Å². The SMILES string of the molecule is O=C(C[N+]12CCC(CC1)[C@@H](OC(=O)C(c1ccccc1)N1CCCC1=O)C2)c1ccccc1.[Cl-]. The summed E-state index contributed by atoms with van der Waals surface area (Å²) in [6, 6.07) is 18.2. The number of fused-ring (bicyclic) bond motifs is 3. The van der Waals surface area contributed by atoms with Crippen molar-refractivity contribution in [3.05, 3.63) is 71.8 Å². The molecule has 0 radical (unpaired) electrons. The summed E-state index contributed by atoms with van der Waals surface area (Å²) >= 11 is 0. The predicted molar refractivity (Wildman–Crippen MR) is 123 cm³/mol. The number of ketones is 1. The molecule has 1 amide bonds. The van der Waals surface area contributed by atoms with Crippen molar-refractivity contribution in [1.82, 2.24) is 4.90 Å². The first-order valence-electron chi connectivity index (χ1n) is 12.0. The molecule has 4 aliphatic heterocycles. The lowest BCUT2D eigenvalue weighted by Gasteiger charge is -2.51. The Balaban J connectivity index is 0.00000274. The lowest BCUT2D eigenvalue weighted by Crippen LogP contribution is -3.00. The van der Waals surface area contributed by atoms with Gasteiger partial charge in [0.25, 0.3) is 0 Å². The second kappa shape index (κ2) is 10.3. The minimum absolute atomic E-state index is 0. The van der Waals surface area contributed by atoms with Crippen LogP contribution in [0.25, 0.3) is 0 Å². The van der Waals surface area contributed by atoms with Crippen LogP contribution in [0.4, 0.5) is 0 Å². The molecule has 2 bridgehead atoms. The summed E-state index contributed by atoms with van der Waals surface area (Å²) in [5.41, 5.74) is 1.53. The molecule has 180 valence electrons. The zero-order valence-corrected chi connectivity index (χ0v) is 20.0.